The van der Waals surface area contributed by atoms with E-state index in [9.17, 15) is 0 Å². The number of allylic oxidation sites excluding steroid dienone is 2. The van der Waals surface area contributed by atoms with Gasteiger partial charge in [-0.3, -0.25) is 0 Å². The Bertz CT molecular complexity index is 103. The first-order valence-corrected chi connectivity index (χ1v) is 3.95. The fraction of sp³-hybridized carbons (Fsp3) is 0.778. The Morgan fingerprint density at radius 2 is 2.10 bits per heavy atom. The van der Waals surface area contributed by atoms with Crippen LogP contribution in [-0.2, 0) is 0 Å². The molecule has 0 saturated heterocycles. The fourth-order valence-corrected chi connectivity index (χ4v) is 1.01. The number of hydrogen-bond donors (Lipinski definition) is 1. The first-order chi connectivity index (χ1) is 4.66. The summed E-state index contributed by atoms with van der Waals surface area (Å²) in [5.74, 6) is 0.638. The van der Waals surface area contributed by atoms with Gasteiger partial charge in [0.05, 0.1) is 0 Å². The molecule has 0 fully saturated rings. The smallest absolute Gasteiger partial charge is 0.0434 e. The second-order valence-electron chi connectivity index (χ2n) is 3.08. The summed E-state index contributed by atoms with van der Waals surface area (Å²) in [4.78, 5) is 0. The molecule has 0 spiro atoms. The zero-order chi connectivity index (χ0) is 7.98. The first-order valence-electron chi connectivity index (χ1n) is 3.95. The average Bonchev–Trinajstić information content (AvgIpc) is 1.82. The molecule has 0 aliphatic rings. The van der Waals surface area contributed by atoms with Crippen molar-refractivity contribution in [2.24, 2.45) is 5.92 Å². The van der Waals surface area contributed by atoms with Crippen LogP contribution in [0.1, 0.15) is 33.6 Å². The molecule has 0 aromatic carbocycles. The summed E-state index contributed by atoms with van der Waals surface area (Å²) in [7, 11) is 0. The summed E-state index contributed by atoms with van der Waals surface area (Å²) in [5.41, 5.74) is 1.39. The Morgan fingerprint density at radius 3 is 2.50 bits per heavy atom. The van der Waals surface area contributed by atoms with Crippen molar-refractivity contribution in [1.82, 2.24) is 0 Å². The minimum Gasteiger partial charge on any atom is -0.396 e. The second kappa shape index (κ2) is 5.48. The van der Waals surface area contributed by atoms with Crippen LogP contribution in [-0.4, -0.2) is 11.7 Å². The number of hydrogen-bond acceptors (Lipinski definition) is 1. The number of rotatable bonds is 4. The van der Waals surface area contributed by atoms with Crippen LogP contribution in [0.15, 0.2) is 11.6 Å². The van der Waals surface area contributed by atoms with Gasteiger partial charge in [-0.25, -0.2) is 0 Å². The summed E-state index contributed by atoms with van der Waals surface area (Å²) in [6.45, 7) is 6.77. The largest absolute Gasteiger partial charge is 0.396 e. The number of aliphatic hydroxyl groups excluding tert-OH is 1. The third-order valence-corrected chi connectivity index (χ3v) is 1.35. The lowest BCUT2D eigenvalue weighted by Gasteiger charge is -2.00. The molecule has 1 N–H and O–H groups in total. The molecular weight excluding hydrogens is 124 g/mol. The van der Waals surface area contributed by atoms with E-state index in [2.05, 4.69) is 26.8 Å². The van der Waals surface area contributed by atoms with E-state index >= 15 is 0 Å². The third kappa shape index (κ3) is 5.83. The highest BCUT2D eigenvalue weighted by Gasteiger charge is 1.91. The van der Waals surface area contributed by atoms with Crippen LogP contribution < -0.4 is 0 Å². The molecule has 60 valence electrons. The topological polar surface area (TPSA) is 20.2 Å². The van der Waals surface area contributed by atoms with Crippen LogP contribution in [0.5, 0.6) is 0 Å². The van der Waals surface area contributed by atoms with Crippen LogP contribution in [0.4, 0.5) is 0 Å². The van der Waals surface area contributed by atoms with E-state index in [-0.39, 0.29) is 0 Å². The number of aliphatic hydroxyl groups is 1. The Hall–Kier alpha value is -0.300. The lowest BCUT2D eigenvalue weighted by atomic mass is 10.1. The standard InChI is InChI=1S/C9H18O/c1-8(2)7-9(3)5-4-6-10/h7-8,10H,4-6H2,1-3H3. The molecule has 0 aliphatic carbocycles. The minimum atomic E-state index is 0.309. The van der Waals surface area contributed by atoms with E-state index in [1.807, 2.05) is 0 Å². The van der Waals surface area contributed by atoms with Gasteiger partial charge in [0, 0.05) is 6.61 Å². The van der Waals surface area contributed by atoms with E-state index in [1.165, 1.54) is 5.57 Å². The van der Waals surface area contributed by atoms with E-state index in [1.54, 1.807) is 0 Å². The van der Waals surface area contributed by atoms with Gasteiger partial charge in [-0.15, -0.1) is 0 Å². The van der Waals surface area contributed by atoms with Gasteiger partial charge in [-0.1, -0.05) is 25.5 Å². The summed E-state index contributed by atoms with van der Waals surface area (Å²) in [6.07, 6.45) is 4.18. The van der Waals surface area contributed by atoms with Gasteiger partial charge in [0.2, 0.25) is 0 Å². The third-order valence-electron chi connectivity index (χ3n) is 1.35. The molecule has 0 aromatic rings. The summed E-state index contributed by atoms with van der Waals surface area (Å²) >= 11 is 0. The molecule has 0 amide bonds. The van der Waals surface area contributed by atoms with Gasteiger partial charge in [-0.2, -0.15) is 0 Å². The van der Waals surface area contributed by atoms with Crippen molar-refractivity contribution in [2.75, 3.05) is 6.61 Å². The van der Waals surface area contributed by atoms with Crippen LogP contribution in [0.25, 0.3) is 0 Å². The van der Waals surface area contributed by atoms with Crippen molar-refractivity contribution in [1.29, 1.82) is 0 Å². The summed E-state index contributed by atoms with van der Waals surface area (Å²) < 4.78 is 0. The molecule has 0 aliphatic heterocycles. The van der Waals surface area contributed by atoms with Gasteiger partial charge in [-0.05, 0) is 25.7 Å². The minimum absolute atomic E-state index is 0.309. The highest BCUT2D eigenvalue weighted by molar-refractivity contribution is 4.99. The monoisotopic (exact) mass is 142 g/mol. The van der Waals surface area contributed by atoms with Gasteiger partial charge in [0.15, 0.2) is 0 Å². The van der Waals surface area contributed by atoms with E-state index in [0.29, 0.717) is 12.5 Å². The molecule has 0 radical (unpaired) electrons. The predicted octanol–water partition coefficient (Wildman–Crippen LogP) is 2.36. The van der Waals surface area contributed by atoms with Crippen LogP contribution in [0, 0.1) is 5.92 Å². The van der Waals surface area contributed by atoms with Crippen molar-refractivity contribution in [3.8, 4) is 0 Å². The predicted molar refractivity (Wildman–Crippen MR) is 44.9 cm³/mol. The maximum Gasteiger partial charge on any atom is 0.0434 e. The van der Waals surface area contributed by atoms with Crippen molar-refractivity contribution < 1.29 is 5.11 Å². The molecule has 1 heteroatoms. The average molecular weight is 142 g/mol. The van der Waals surface area contributed by atoms with Gasteiger partial charge >= 0.3 is 0 Å². The molecule has 10 heavy (non-hydrogen) atoms. The SMILES string of the molecule is CC(=CC(C)C)CCCO. The van der Waals surface area contributed by atoms with Crippen molar-refractivity contribution in [3.05, 3.63) is 11.6 Å². The maximum absolute atomic E-state index is 8.52. The summed E-state index contributed by atoms with van der Waals surface area (Å²) in [5, 5.41) is 8.52. The molecule has 0 atom stereocenters. The van der Waals surface area contributed by atoms with Crippen LogP contribution >= 0.6 is 0 Å². The Labute approximate surface area is 63.8 Å². The molecule has 0 heterocycles. The first kappa shape index (κ1) is 9.70. The zero-order valence-electron chi connectivity index (χ0n) is 7.22. The quantitative estimate of drug-likeness (QED) is 0.597. The van der Waals surface area contributed by atoms with Crippen LogP contribution in [0.3, 0.4) is 0 Å². The highest BCUT2D eigenvalue weighted by Crippen LogP contribution is 2.07. The molecular formula is C9H18O. The van der Waals surface area contributed by atoms with Gasteiger partial charge < -0.3 is 5.11 Å². The highest BCUT2D eigenvalue weighted by atomic mass is 16.2. The second-order valence-corrected chi connectivity index (χ2v) is 3.08. The van der Waals surface area contributed by atoms with Gasteiger partial charge in [0.1, 0.15) is 0 Å². The maximum atomic E-state index is 8.52. The molecule has 0 saturated carbocycles. The fourth-order valence-electron chi connectivity index (χ4n) is 1.01. The normalized spacial score (nSPS) is 12.7. The molecule has 0 rings (SSSR count). The van der Waals surface area contributed by atoms with E-state index < -0.39 is 0 Å². The Balaban J connectivity index is 3.49. The van der Waals surface area contributed by atoms with Crippen molar-refractivity contribution >= 4 is 0 Å². The van der Waals surface area contributed by atoms with Crippen molar-refractivity contribution in [2.45, 2.75) is 33.6 Å². The lowest BCUT2D eigenvalue weighted by molar-refractivity contribution is 0.288. The van der Waals surface area contributed by atoms with Crippen molar-refractivity contribution in [3.63, 3.8) is 0 Å². The van der Waals surface area contributed by atoms with E-state index in [0.717, 1.165) is 12.8 Å². The van der Waals surface area contributed by atoms with E-state index in [4.69, 9.17) is 5.11 Å². The summed E-state index contributed by atoms with van der Waals surface area (Å²) in [6, 6.07) is 0. The molecule has 0 unspecified atom stereocenters. The lowest BCUT2D eigenvalue weighted by Crippen LogP contribution is -1.87. The Morgan fingerprint density at radius 1 is 1.50 bits per heavy atom. The Kier molecular flexibility index (Phi) is 5.32. The zero-order valence-corrected chi connectivity index (χ0v) is 7.22. The molecule has 1 nitrogen and oxygen atoms in total. The van der Waals surface area contributed by atoms with Crippen LogP contribution in [0.2, 0.25) is 0 Å². The molecule has 0 bridgehead atoms. The van der Waals surface area contributed by atoms with Gasteiger partial charge in [0.25, 0.3) is 0 Å². The molecule has 0 aromatic heterocycles.